The lowest BCUT2D eigenvalue weighted by atomic mass is 9.81. The Labute approximate surface area is 162 Å². The summed E-state index contributed by atoms with van der Waals surface area (Å²) in [5, 5.41) is 11.7. The van der Waals surface area contributed by atoms with E-state index in [0.717, 1.165) is 29.8 Å². The van der Waals surface area contributed by atoms with Gasteiger partial charge >= 0.3 is 0 Å². The maximum absolute atomic E-state index is 11.2. The van der Waals surface area contributed by atoms with Crippen molar-refractivity contribution in [3.8, 4) is 5.75 Å². The smallest absolute Gasteiger partial charge is 0.272 e. The zero-order valence-corrected chi connectivity index (χ0v) is 16.2. The Morgan fingerprint density at radius 2 is 2.07 bits per heavy atom. The van der Waals surface area contributed by atoms with Gasteiger partial charge < -0.3 is 4.74 Å². The maximum Gasteiger partial charge on any atom is 0.272 e. The maximum atomic E-state index is 11.2. The SMILES string of the molecule is CC(=O)N(O)ONC(c1ccc(OCc2cscn2)cc1)C1CCCCC1. The van der Waals surface area contributed by atoms with Crippen LogP contribution in [0.1, 0.15) is 56.3 Å². The van der Waals surface area contributed by atoms with Crippen LogP contribution < -0.4 is 10.2 Å². The molecular weight excluding hydrogens is 366 g/mol. The highest BCUT2D eigenvalue weighted by Crippen LogP contribution is 2.35. The molecule has 27 heavy (non-hydrogen) atoms. The van der Waals surface area contributed by atoms with Crippen molar-refractivity contribution in [1.82, 2.24) is 15.7 Å². The van der Waals surface area contributed by atoms with E-state index in [1.807, 2.05) is 29.6 Å². The number of aromatic nitrogens is 1. The molecule has 1 fully saturated rings. The molecule has 2 N–H and O–H groups in total. The molecule has 2 aromatic rings. The molecule has 1 aromatic heterocycles. The van der Waals surface area contributed by atoms with Crippen LogP contribution in [0.4, 0.5) is 0 Å². The van der Waals surface area contributed by atoms with Gasteiger partial charge in [-0.15, -0.1) is 11.3 Å². The van der Waals surface area contributed by atoms with Crippen LogP contribution in [0.25, 0.3) is 0 Å². The third kappa shape index (κ3) is 5.74. The molecule has 0 bridgehead atoms. The number of benzene rings is 1. The van der Waals surface area contributed by atoms with Crippen LogP contribution in [0.15, 0.2) is 35.2 Å². The largest absolute Gasteiger partial charge is 0.487 e. The van der Waals surface area contributed by atoms with Gasteiger partial charge in [-0.2, -0.15) is 10.4 Å². The molecule has 1 aliphatic rings. The van der Waals surface area contributed by atoms with Gasteiger partial charge in [0.05, 0.1) is 17.2 Å². The summed E-state index contributed by atoms with van der Waals surface area (Å²) in [5.74, 6) is 0.555. The van der Waals surface area contributed by atoms with E-state index in [0.29, 0.717) is 12.5 Å². The summed E-state index contributed by atoms with van der Waals surface area (Å²) in [4.78, 5) is 20.4. The van der Waals surface area contributed by atoms with E-state index in [-0.39, 0.29) is 11.3 Å². The second-order valence-electron chi connectivity index (χ2n) is 6.71. The van der Waals surface area contributed by atoms with E-state index >= 15 is 0 Å². The lowest BCUT2D eigenvalue weighted by molar-refractivity contribution is -0.348. The van der Waals surface area contributed by atoms with Crippen molar-refractivity contribution < 1.29 is 19.7 Å². The monoisotopic (exact) mass is 391 g/mol. The molecule has 3 rings (SSSR count). The molecule has 8 heteroatoms. The van der Waals surface area contributed by atoms with Crippen LogP contribution in [0, 0.1) is 5.92 Å². The summed E-state index contributed by atoms with van der Waals surface area (Å²) >= 11 is 1.54. The average Bonchev–Trinajstić information content (AvgIpc) is 3.21. The molecular formula is C19H25N3O4S. The zero-order chi connectivity index (χ0) is 19.1. The van der Waals surface area contributed by atoms with E-state index in [4.69, 9.17) is 9.68 Å². The summed E-state index contributed by atoms with van der Waals surface area (Å²) < 4.78 is 5.76. The standard InChI is InChI=1S/C19H25N3O4S/c1-14(23)22(24)26-21-19(15-5-3-2-4-6-15)16-7-9-18(10-8-16)25-11-17-12-27-13-20-17/h7-10,12-13,15,19,21,24H,2-6,11H2,1H3. The Morgan fingerprint density at radius 3 is 2.70 bits per heavy atom. The van der Waals surface area contributed by atoms with Gasteiger partial charge in [-0.3, -0.25) is 10.0 Å². The van der Waals surface area contributed by atoms with Gasteiger partial charge in [-0.25, -0.2) is 4.98 Å². The Morgan fingerprint density at radius 1 is 1.33 bits per heavy atom. The minimum absolute atomic E-state index is 0.119. The van der Waals surface area contributed by atoms with Crippen molar-refractivity contribution in [3.63, 3.8) is 0 Å². The molecule has 0 aliphatic heterocycles. The first kappa shape index (κ1) is 19.8. The number of rotatable bonds is 8. The summed E-state index contributed by atoms with van der Waals surface area (Å²) in [5.41, 5.74) is 6.59. The van der Waals surface area contributed by atoms with Crippen LogP contribution in [-0.4, -0.2) is 21.3 Å². The first-order valence-corrected chi connectivity index (χ1v) is 10.1. The van der Waals surface area contributed by atoms with Crippen LogP contribution in [0.3, 0.4) is 0 Å². The third-order valence-corrected chi connectivity index (χ3v) is 5.40. The van der Waals surface area contributed by atoms with Crippen LogP contribution in [0.5, 0.6) is 5.75 Å². The topological polar surface area (TPSA) is 83.9 Å². The van der Waals surface area contributed by atoms with Crippen LogP contribution in [-0.2, 0) is 16.3 Å². The Balaban J connectivity index is 1.65. The Hall–Kier alpha value is -2.00. The zero-order valence-electron chi connectivity index (χ0n) is 15.3. The molecule has 1 atom stereocenters. The van der Waals surface area contributed by atoms with Crippen molar-refractivity contribution in [2.75, 3.05) is 0 Å². The van der Waals surface area contributed by atoms with Crippen molar-refractivity contribution in [1.29, 1.82) is 0 Å². The molecule has 7 nitrogen and oxygen atoms in total. The molecule has 1 aliphatic carbocycles. The second kappa shape index (κ2) is 9.80. The number of ether oxygens (including phenoxy) is 1. The number of hydrogen-bond acceptors (Lipinski definition) is 7. The van der Waals surface area contributed by atoms with Gasteiger partial charge in [0.1, 0.15) is 12.4 Å². The van der Waals surface area contributed by atoms with E-state index in [9.17, 15) is 10.0 Å². The lowest BCUT2D eigenvalue weighted by Crippen LogP contribution is -2.37. The number of carbonyl (C=O) groups is 1. The summed E-state index contributed by atoms with van der Waals surface area (Å²) in [6.07, 6.45) is 5.75. The molecule has 1 unspecified atom stereocenters. The third-order valence-electron chi connectivity index (χ3n) is 4.77. The average molecular weight is 391 g/mol. The highest BCUT2D eigenvalue weighted by molar-refractivity contribution is 7.07. The summed E-state index contributed by atoms with van der Waals surface area (Å²) in [7, 11) is 0. The molecule has 1 amide bonds. The van der Waals surface area contributed by atoms with Gasteiger partial charge in [0.2, 0.25) is 0 Å². The lowest BCUT2D eigenvalue weighted by Gasteiger charge is -2.31. The number of thiazole rings is 1. The molecule has 1 saturated carbocycles. The van der Waals surface area contributed by atoms with E-state index in [2.05, 4.69) is 10.5 Å². The normalized spacial score (nSPS) is 16.1. The van der Waals surface area contributed by atoms with Gasteiger partial charge in [0.25, 0.3) is 5.91 Å². The van der Waals surface area contributed by atoms with Crippen molar-refractivity contribution >= 4 is 17.2 Å². The van der Waals surface area contributed by atoms with E-state index < -0.39 is 5.91 Å². The Kier molecular flexibility index (Phi) is 7.17. The molecule has 0 spiro atoms. The van der Waals surface area contributed by atoms with Crippen molar-refractivity contribution in [2.24, 2.45) is 5.92 Å². The first-order chi connectivity index (χ1) is 13.1. The summed E-state index contributed by atoms with van der Waals surface area (Å²) in [6.45, 7) is 1.67. The minimum atomic E-state index is -0.587. The number of nitrogens with one attached hydrogen (secondary N) is 1. The van der Waals surface area contributed by atoms with Gasteiger partial charge in [-0.1, -0.05) is 36.6 Å². The fourth-order valence-corrected chi connectivity index (χ4v) is 3.86. The predicted molar refractivity (Wildman–Crippen MR) is 101 cm³/mol. The van der Waals surface area contributed by atoms with Crippen LogP contribution in [0.2, 0.25) is 0 Å². The van der Waals surface area contributed by atoms with Gasteiger partial charge in [-0.05, 0) is 36.5 Å². The highest BCUT2D eigenvalue weighted by atomic mass is 32.1. The number of hydrogen-bond donors (Lipinski definition) is 2. The molecule has 146 valence electrons. The van der Waals surface area contributed by atoms with Crippen LogP contribution >= 0.6 is 11.3 Å². The summed E-state index contributed by atoms with van der Waals surface area (Å²) in [6, 6.07) is 7.69. The predicted octanol–water partition coefficient (Wildman–Crippen LogP) is 4.02. The van der Waals surface area contributed by atoms with Crippen molar-refractivity contribution in [3.05, 3.63) is 46.4 Å². The fourth-order valence-electron chi connectivity index (χ4n) is 3.31. The van der Waals surface area contributed by atoms with E-state index in [1.165, 1.54) is 26.2 Å². The number of hydroxylamine groups is 3. The molecule has 1 aromatic carbocycles. The van der Waals surface area contributed by atoms with Gasteiger partial charge in [0, 0.05) is 12.3 Å². The quantitative estimate of drug-likeness (QED) is 0.522. The Bertz CT molecular complexity index is 702. The number of carbonyl (C=O) groups excluding carboxylic acids is 1. The minimum Gasteiger partial charge on any atom is -0.487 e. The van der Waals surface area contributed by atoms with E-state index in [1.54, 1.807) is 16.8 Å². The van der Waals surface area contributed by atoms with Crippen molar-refractivity contribution in [2.45, 2.75) is 51.7 Å². The number of amides is 1. The fraction of sp³-hybridized carbons (Fsp3) is 0.474. The number of nitrogens with zero attached hydrogens (tertiary/aromatic N) is 2. The van der Waals surface area contributed by atoms with Gasteiger partial charge in [0.15, 0.2) is 0 Å². The second-order valence-corrected chi connectivity index (χ2v) is 7.43. The molecule has 0 saturated heterocycles. The molecule has 1 heterocycles. The first-order valence-electron chi connectivity index (χ1n) is 9.15. The molecule has 0 radical (unpaired) electrons. The highest BCUT2D eigenvalue weighted by Gasteiger charge is 2.26.